The molecule has 4 amide bonds. The third kappa shape index (κ3) is 4.14. The van der Waals surface area contributed by atoms with Crippen molar-refractivity contribution in [3.05, 3.63) is 58.7 Å². The SMILES string of the molecule is Cc1ccc(N2C(=O)C[C@H](N3CCN([C@H]4CC(=O)N(c5ccc(C)cc5C)C4=O)CC3)C2=O)c(C)c1. The van der Waals surface area contributed by atoms with Crippen molar-refractivity contribution < 1.29 is 19.2 Å². The van der Waals surface area contributed by atoms with Crippen molar-refractivity contribution >= 4 is 35.0 Å². The Balaban J connectivity index is 1.25. The van der Waals surface area contributed by atoms with Crippen molar-refractivity contribution in [1.82, 2.24) is 9.80 Å². The van der Waals surface area contributed by atoms with Gasteiger partial charge in [-0.05, 0) is 51.0 Å². The van der Waals surface area contributed by atoms with Crippen LogP contribution >= 0.6 is 0 Å². The van der Waals surface area contributed by atoms with E-state index >= 15 is 0 Å². The molecule has 3 aliphatic rings. The molecule has 0 aliphatic carbocycles. The molecule has 0 spiro atoms. The summed E-state index contributed by atoms with van der Waals surface area (Å²) in [6.45, 7) is 10.0. The quantitative estimate of drug-likeness (QED) is 0.616. The molecule has 5 rings (SSSR count). The first-order valence-corrected chi connectivity index (χ1v) is 12.5. The van der Waals surface area contributed by atoms with Gasteiger partial charge in [0.05, 0.1) is 36.3 Å². The number of hydrogen-bond acceptors (Lipinski definition) is 6. The van der Waals surface area contributed by atoms with E-state index in [2.05, 4.69) is 0 Å². The third-order valence-corrected chi connectivity index (χ3v) is 7.66. The van der Waals surface area contributed by atoms with E-state index in [0.29, 0.717) is 37.6 Å². The zero-order chi connectivity index (χ0) is 25.7. The maximum absolute atomic E-state index is 13.3. The second-order valence-corrected chi connectivity index (χ2v) is 10.2. The van der Waals surface area contributed by atoms with E-state index < -0.39 is 12.1 Å². The summed E-state index contributed by atoms with van der Waals surface area (Å²) in [4.78, 5) is 59.0. The van der Waals surface area contributed by atoms with Crippen molar-refractivity contribution in [2.24, 2.45) is 0 Å². The lowest BCUT2D eigenvalue weighted by Gasteiger charge is -2.38. The lowest BCUT2D eigenvalue weighted by molar-refractivity contribution is -0.126. The van der Waals surface area contributed by atoms with Crippen LogP contribution in [0.4, 0.5) is 11.4 Å². The molecule has 8 heteroatoms. The van der Waals surface area contributed by atoms with Crippen LogP contribution in [0.2, 0.25) is 0 Å². The van der Waals surface area contributed by atoms with Crippen LogP contribution in [0.1, 0.15) is 35.1 Å². The molecule has 8 nitrogen and oxygen atoms in total. The first-order valence-electron chi connectivity index (χ1n) is 12.5. The normalized spacial score (nSPS) is 23.9. The second-order valence-electron chi connectivity index (χ2n) is 10.2. The zero-order valence-electron chi connectivity index (χ0n) is 21.3. The molecule has 3 heterocycles. The fraction of sp³-hybridized carbons (Fsp3) is 0.429. The van der Waals surface area contributed by atoms with Crippen LogP contribution in [0.25, 0.3) is 0 Å². The Kier molecular flexibility index (Phi) is 6.26. The molecule has 0 radical (unpaired) electrons. The fourth-order valence-electron chi connectivity index (χ4n) is 5.78. The predicted octanol–water partition coefficient (Wildman–Crippen LogP) is 2.50. The number of amides is 4. The first-order chi connectivity index (χ1) is 17.2. The highest BCUT2D eigenvalue weighted by Gasteiger charge is 2.47. The van der Waals surface area contributed by atoms with Crippen LogP contribution in [-0.4, -0.2) is 71.7 Å². The van der Waals surface area contributed by atoms with Crippen LogP contribution in [0.5, 0.6) is 0 Å². The summed E-state index contributed by atoms with van der Waals surface area (Å²) in [5, 5.41) is 0. The Bertz CT molecular complexity index is 1170. The highest BCUT2D eigenvalue weighted by Crippen LogP contribution is 2.32. The van der Waals surface area contributed by atoms with Gasteiger partial charge in [-0.2, -0.15) is 0 Å². The lowest BCUT2D eigenvalue weighted by Crippen LogP contribution is -2.56. The van der Waals surface area contributed by atoms with E-state index in [1.54, 1.807) is 0 Å². The minimum atomic E-state index is -0.493. The fourth-order valence-corrected chi connectivity index (χ4v) is 5.78. The third-order valence-electron chi connectivity index (χ3n) is 7.66. The van der Waals surface area contributed by atoms with Gasteiger partial charge < -0.3 is 0 Å². The maximum atomic E-state index is 13.3. The number of imide groups is 2. The van der Waals surface area contributed by atoms with E-state index in [0.717, 1.165) is 22.3 Å². The molecule has 0 N–H and O–H groups in total. The summed E-state index contributed by atoms with van der Waals surface area (Å²) in [7, 11) is 0. The van der Waals surface area contributed by atoms with Crippen LogP contribution < -0.4 is 9.80 Å². The highest BCUT2D eigenvalue weighted by molar-refractivity contribution is 6.23. The Morgan fingerprint density at radius 2 is 0.944 bits per heavy atom. The monoisotopic (exact) mass is 488 g/mol. The van der Waals surface area contributed by atoms with Crippen molar-refractivity contribution in [3.8, 4) is 0 Å². The molecule has 188 valence electrons. The first kappa shape index (κ1) is 24.3. The minimum absolute atomic E-state index is 0.160. The largest absolute Gasteiger partial charge is 0.289 e. The van der Waals surface area contributed by atoms with Crippen molar-refractivity contribution in [3.63, 3.8) is 0 Å². The van der Waals surface area contributed by atoms with Gasteiger partial charge in [0.15, 0.2) is 0 Å². The zero-order valence-corrected chi connectivity index (χ0v) is 21.3. The summed E-state index contributed by atoms with van der Waals surface area (Å²) in [5.41, 5.74) is 5.27. The van der Waals surface area contributed by atoms with Crippen LogP contribution in [0.3, 0.4) is 0 Å². The Hall–Kier alpha value is -3.36. The average Bonchev–Trinajstić information content (AvgIpc) is 3.29. The van der Waals surface area contributed by atoms with Gasteiger partial charge in [-0.1, -0.05) is 35.4 Å². The number of nitrogens with zero attached hydrogens (tertiary/aromatic N) is 4. The number of hydrogen-bond donors (Lipinski definition) is 0. The van der Waals surface area contributed by atoms with Gasteiger partial charge in [-0.3, -0.25) is 29.0 Å². The van der Waals surface area contributed by atoms with Crippen molar-refractivity contribution in [2.75, 3.05) is 36.0 Å². The van der Waals surface area contributed by atoms with Gasteiger partial charge in [0.1, 0.15) is 0 Å². The molecular weight excluding hydrogens is 456 g/mol. The summed E-state index contributed by atoms with van der Waals surface area (Å²) < 4.78 is 0. The molecule has 3 aliphatic heterocycles. The lowest BCUT2D eigenvalue weighted by atomic mass is 10.1. The molecule has 36 heavy (non-hydrogen) atoms. The van der Waals surface area contributed by atoms with Gasteiger partial charge in [0.25, 0.3) is 11.8 Å². The van der Waals surface area contributed by atoms with E-state index in [4.69, 9.17) is 0 Å². The van der Waals surface area contributed by atoms with Gasteiger partial charge in [-0.25, -0.2) is 9.80 Å². The van der Waals surface area contributed by atoms with Crippen LogP contribution in [-0.2, 0) is 19.2 Å². The van der Waals surface area contributed by atoms with Gasteiger partial charge in [0, 0.05) is 26.2 Å². The molecule has 0 aromatic heterocycles. The molecule has 0 bridgehead atoms. The number of piperazine rings is 1. The predicted molar refractivity (Wildman–Crippen MR) is 137 cm³/mol. The molecule has 2 aromatic carbocycles. The number of carbonyl (C=O) groups excluding carboxylic acids is 4. The summed E-state index contributed by atoms with van der Waals surface area (Å²) in [6.07, 6.45) is 0.320. The van der Waals surface area contributed by atoms with E-state index in [1.165, 1.54) is 9.80 Å². The average molecular weight is 489 g/mol. The highest BCUT2D eigenvalue weighted by atomic mass is 16.2. The number of rotatable bonds is 4. The Morgan fingerprint density at radius 1 is 0.583 bits per heavy atom. The van der Waals surface area contributed by atoms with Crippen LogP contribution in [0.15, 0.2) is 36.4 Å². The standard InChI is InChI=1S/C28H32N4O4/c1-17-5-7-21(19(3)13-17)31-25(33)15-23(27(31)35)29-9-11-30(12-10-29)24-16-26(34)32(28(24)36)22-8-6-18(2)14-20(22)4/h5-8,13-14,23-24H,9-12,15-16H2,1-4H3/t23-,24-/m0/s1. The van der Waals surface area contributed by atoms with E-state index in [1.807, 2.05) is 73.9 Å². The van der Waals surface area contributed by atoms with E-state index in [-0.39, 0.29) is 36.5 Å². The number of benzene rings is 2. The summed E-state index contributed by atoms with van der Waals surface area (Å²) in [6, 6.07) is 10.5. The van der Waals surface area contributed by atoms with Crippen molar-refractivity contribution in [2.45, 2.75) is 52.6 Å². The summed E-state index contributed by atoms with van der Waals surface area (Å²) in [5.74, 6) is -0.734. The van der Waals surface area contributed by atoms with Gasteiger partial charge in [-0.15, -0.1) is 0 Å². The minimum Gasteiger partial charge on any atom is -0.289 e. The Labute approximate surface area is 211 Å². The molecule has 2 atom stereocenters. The van der Waals surface area contributed by atoms with Crippen molar-refractivity contribution in [1.29, 1.82) is 0 Å². The molecule has 3 fully saturated rings. The molecule has 0 saturated carbocycles. The van der Waals surface area contributed by atoms with E-state index in [9.17, 15) is 19.2 Å². The van der Waals surface area contributed by atoms with Gasteiger partial charge >= 0.3 is 0 Å². The molecule has 0 unspecified atom stereocenters. The summed E-state index contributed by atoms with van der Waals surface area (Å²) >= 11 is 0. The maximum Gasteiger partial charge on any atom is 0.251 e. The number of carbonyl (C=O) groups is 4. The smallest absolute Gasteiger partial charge is 0.251 e. The second kappa shape index (κ2) is 9.26. The molecule has 3 saturated heterocycles. The van der Waals surface area contributed by atoms with Crippen LogP contribution in [0, 0.1) is 27.7 Å². The number of aryl methyl sites for hydroxylation is 4. The Morgan fingerprint density at radius 3 is 1.28 bits per heavy atom. The number of anilines is 2. The topological polar surface area (TPSA) is 81.2 Å². The van der Waals surface area contributed by atoms with Gasteiger partial charge in [0.2, 0.25) is 11.8 Å². The molecular formula is C28H32N4O4. The molecule has 2 aromatic rings.